The van der Waals surface area contributed by atoms with Crippen LogP contribution in [0.3, 0.4) is 0 Å². The van der Waals surface area contributed by atoms with Gasteiger partial charge in [0.2, 0.25) is 0 Å². The van der Waals surface area contributed by atoms with Crippen molar-refractivity contribution >= 4 is 17.4 Å². The number of amides is 1. The summed E-state index contributed by atoms with van der Waals surface area (Å²) in [6.07, 6.45) is 3.76. The van der Waals surface area contributed by atoms with Crippen molar-refractivity contribution < 1.29 is 4.79 Å². The van der Waals surface area contributed by atoms with E-state index in [1.807, 2.05) is 61.7 Å². The highest BCUT2D eigenvalue weighted by Gasteiger charge is 2.11. The molecule has 0 atom stereocenters. The maximum Gasteiger partial charge on any atom is 0.276 e. The highest BCUT2D eigenvalue weighted by molar-refractivity contribution is 6.02. The predicted octanol–water partition coefficient (Wildman–Crippen LogP) is 2.10. The van der Waals surface area contributed by atoms with Crippen LogP contribution in [-0.2, 0) is 13.6 Å². The molecule has 1 N–H and O–H groups in total. The predicted molar refractivity (Wildman–Crippen MR) is 91.7 cm³/mol. The van der Waals surface area contributed by atoms with Crippen LogP contribution in [0.2, 0.25) is 0 Å². The lowest BCUT2D eigenvalue weighted by molar-refractivity contribution is 0.102. The molecule has 24 heavy (non-hydrogen) atoms. The van der Waals surface area contributed by atoms with Gasteiger partial charge in [-0.2, -0.15) is 5.10 Å². The van der Waals surface area contributed by atoms with Crippen LogP contribution in [0, 0.1) is 0 Å². The van der Waals surface area contributed by atoms with Gasteiger partial charge >= 0.3 is 0 Å². The Labute approximate surface area is 139 Å². The van der Waals surface area contributed by atoms with Crippen LogP contribution in [0.4, 0.5) is 11.5 Å². The van der Waals surface area contributed by atoms with E-state index in [0.29, 0.717) is 12.4 Å². The standard InChI is InChI=1S/C17H18N6O/c1-22(11-13-10-18-23(2)12-13)16-9-8-15(20-21-16)17(24)19-14-6-4-3-5-7-14/h3-10,12H,11H2,1-2H3,(H,19,24). The Morgan fingerprint density at radius 2 is 1.96 bits per heavy atom. The third-order valence-corrected chi connectivity index (χ3v) is 3.48. The smallest absolute Gasteiger partial charge is 0.276 e. The first kappa shape index (κ1) is 15.7. The van der Waals surface area contributed by atoms with Crippen LogP contribution in [0.5, 0.6) is 0 Å². The fraction of sp³-hybridized carbons (Fsp3) is 0.176. The molecule has 2 heterocycles. The molecule has 0 aliphatic heterocycles. The van der Waals surface area contributed by atoms with Gasteiger partial charge in [-0.25, -0.2) is 0 Å². The molecule has 0 saturated carbocycles. The molecule has 7 heteroatoms. The second-order valence-corrected chi connectivity index (χ2v) is 5.48. The van der Waals surface area contributed by atoms with Gasteiger partial charge in [0.1, 0.15) is 0 Å². The Morgan fingerprint density at radius 3 is 2.58 bits per heavy atom. The highest BCUT2D eigenvalue weighted by atomic mass is 16.1. The second-order valence-electron chi connectivity index (χ2n) is 5.48. The molecule has 0 aliphatic carbocycles. The maximum absolute atomic E-state index is 12.2. The molecule has 2 aromatic heterocycles. The van der Waals surface area contributed by atoms with Gasteiger partial charge < -0.3 is 10.2 Å². The van der Waals surface area contributed by atoms with Crippen LogP contribution >= 0.6 is 0 Å². The topological polar surface area (TPSA) is 75.9 Å². The second kappa shape index (κ2) is 6.91. The molecule has 0 radical (unpaired) electrons. The Kier molecular flexibility index (Phi) is 4.51. The fourth-order valence-corrected chi connectivity index (χ4v) is 2.27. The first-order valence-electron chi connectivity index (χ1n) is 7.50. The van der Waals surface area contributed by atoms with Crippen LogP contribution in [0.1, 0.15) is 16.1 Å². The number of nitrogens with one attached hydrogen (secondary N) is 1. The molecule has 3 aromatic rings. The first-order chi connectivity index (χ1) is 11.6. The normalized spacial score (nSPS) is 10.4. The van der Waals surface area contributed by atoms with E-state index in [4.69, 9.17) is 0 Å². The number of rotatable bonds is 5. The first-order valence-corrected chi connectivity index (χ1v) is 7.50. The molecule has 0 saturated heterocycles. The van der Waals surface area contributed by atoms with Crippen LogP contribution < -0.4 is 10.2 Å². The molecule has 0 fully saturated rings. The van der Waals surface area contributed by atoms with E-state index in [-0.39, 0.29) is 11.6 Å². The van der Waals surface area contributed by atoms with Crippen LogP contribution in [0.15, 0.2) is 54.9 Å². The van der Waals surface area contributed by atoms with E-state index in [9.17, 15) is 4.79 Å². The average Bonchev–Trinajstić information content (AvgIpc) is 3.00. The van der Waals surface area contributed by atoms with Gasteiger partial charge in [0.25, 0.3) is 5.91 Å². The number of anilines is 2. The average molecular weight is 322 g/mol. The summed E-state index contributed by atoms with van der Waals surface area (Å²) >= 11 is 0. The van der Waals surface area contributed by atoms with Gasteiger partial charge in [0.15, 0.2) is 11.5 Å². The number of carbonyl (C=O) groups excluding carboxylic acids is 1. The molecule has 0 unspecified atom stereocenters. The minimum Gasteiger partial charge on any atom is -0.354 e. The van der Waals surface area contributed by atoms with E-state index in [1.165, 1.54) is 0 Å². The summed E-state index contributed by atoms with van der Waals surface area (Å²) in [5, 5.41) is 15.1. The Morgan fingerprint density at radius 1 is 1.17 bits per heavy atom. The number of aryl methyl sites for hydroxylation is 1. The number of carbonyl (C=O) groups is 1. The van der Waals surface area contributed by atoms with E-state index in [2.05, 4.69) is 20.6 Å². The molecule has 0 aliphatic rings. The lowest BCUT2D eigenvalue weighted by atomic mass is 10.3. The maximum atomic E-state index is 12.2. The number of hydrogen-bond donors (Lipinski definition) is 1. The lowest BCUT2D eigenvalue weighted by Gasteiger charge is -2.16. The Bertz CT molecular complexity index is 813. The molecule has 0 bridgehead atoms. The van der Waals surface area contributed by atoms with Crippen molar-refractivity contribution in [3.63, 3.8) is 0 Å². The molecule has 1 aromatic carbocycles. The third kappa shape index (κ3) is 3.75. The molecule has 7 nitrogen and oxygen atoms in total. The molecular weight excluding hydrogens is 304 g/mol. The number of nitrogens with zero attached hydrogens (tertiary/aromatic N) is 5. The molecule has 122 valence electrons. The highest BCUT2D eigenvalue weighted by Crippen LogP contribution is 2.12. The summed E-state index contributed by atoms with van der Waals surface area (Å²) in [4.78, 5) is 14.1. The van der Waals surface area contributed by atoms with Crippen molar-refractivity contribution in [3.05, 3.63) is 66.1 Å². The van der Waals surface area contributed by atoms with Crippen molar-refractivity contribution in [1.82, 2.24) is 20.0 Å². The van der Waals surface area contributed by atoms with Gasteiger partial charge in [-0.15, -0.1) is 10.2 Å². The van der Waals surface area contributed by atoms with E-state index in [1.54, 1.807) is 16.8 Å². The molecule has 0 spiro atoms. The largest absolute Gasteiger partial charge is 0.354 e. The molecule has 1 amide bonds. The van der Waals surface area contributed by atoms with Gasteiger partial charge in [-0.1, -0.05) is 18.2 Å². The molecule has 3 rings (SSSR count). The zero-order chi connectivity index (χ0) is 16.9. The van der Waals surface area contributed by atoms with E-state index < -0.39 is 0 Å². The van der Waals surface area contributed by atoms with Gasteiger partial charge in [0, 0.05) is 38.1 Å². The summed E-state index contributed by atoms with van der Waals surface area (Å²) in [7, 11) is 3.80. The van der Waals surface area contributed by atoms with Crippen molar-refractivity contribution in [2.24, 2.45) is 7.05 Å². The van der Waals surface area contributed by atoms with Crippen LogP contribution in [-0.4, -0.2) is 32.9 Å². The van der Waals surface area contributed by atoms with Crippen molar-refractivity contribution in [2.75, 3.05) is 17.3 Å². The van der Waals surface area contributed by atoms with Crippen molar-refractivity contribution in [2.45, 2.75) is 6.54 Å². The van der Waals surface area contributed by atoms with Crippen molar-refractivity contribution in [3.8, 4) is 0 Å². The minimum absolute atomic E-state index is 0.275. The lowest BCUT2D eigenvalue weighted by Crippen LogP contribution is -2.19. The SMILES string of the molecule is CN(Cc1cnn(C)c1)c1ccc(C(=O)Nc2ccccc2)nn1. The monoisotopic (exact) mass is 322 g/mol. The van der Waals surface area contributed by atoms with Crippen molar-refractivity contribution in [1.29, 1.82) is 0 Å². The molecular formula is C17H18N6O. The fourth-order valence-electron chi connectivity index (χ4n) is 2.27. The Balaban J connectivity index is 1.65. The number of para-hydroxylation sites is 1. The number of aromatic nitrogens is 4. The minimum atomic E-state index is -0.282. The zero-order valence-corrected chi connectivity index (χ0v) is 13.5. The van der Waals surface area contributed by atoms with Crippen LogP contribution in [0.25, 0.3) is 0 Å². The summed E-state index contributed by atoms with van der Waals surface area (Å²) < 4.78 is 1.76. The van der Waals surface area contributed by atoms with Gasteiger partial charge in [0.05, 0.1) is 6.20 Å². The summed E-state index contributed by atoms with van der Waals surface area (Å²) in [6.45, 7) is 0.665. The zero-order valence-electron chi connectivity index (χ0n) is 13.5. The summed E-state index contributed by atoms with van der Waals surface area (Å²) in [5.74, 6) is 0.408. The van der Waals surface area contributed by atoms with E-state index in [0.717, 1.165) is 11.3 Å². The number of benzene rings is 1. The third-order valence-electron chi connectivity index (χ3n) is 3.48. The van der Waals surface area contributed by atoms with Gasteiger partial charge in [-0.3, -0.25) is 9.48 Å². The Hall–Kier alpha value is -3.22. The van der Waals surface area contributed by atoms with E-state index >= 15 is 0 Å². The number of hydrogen-bond acceptors (Lipinski definition) is 5. The quantitative estimate of drug-likeness (QED) is 0.778. The summed E-state index contributed by atoms with van der Waals surface area (Å²) in [5.41, 5.74) is 2.08. The van der Waals surface area contributed by atoms with Gasteiger partial charge in [-0.05, 0) is 24.3 Å². The summed E-state index contributed by atoms with van der Waals surface area (Å²) in [6, 6.07) is 12.7.